The smallest absolute Gasteiger partial charge is 0.00887 e. The van der Waals surface area contributed by atoms with Crippen LogP contribution in [0.3, 0.4) is 0 Å². The number of rotatable bonds is 18. The SMILES string of the molecule is CCCCCCCCCC#CCCCC(C)CC(CC)CCCCCC. The molecule has 0 aliphatic rings. The van der Waals surface area contributed by atoms with E-state index in [2.05, 4.69) is 39.5 Å². The van der Waals surface area contributed by atoms with Gasteiger partial charge in [0.25, 0.3) is 0 Å². The van der Waals surface area contributed by atoms with Crippen molar-refractivity contribution in [1.29, 1.82) is 0 Å². The zero-order valence-corrected chi connectivity index (χ0v) is 18.9. The quantitative estimate of drug-likeness (QED) is 0.168. The highest BCUT2D eigenvalue weighted by Crippen LogP contribution is 2.24. The monoisotopic (exact) mass is 362 g/mol. The Morgan fingerprint density at radius 2 is 1.12 bits per heavy atom. The molecule has 0 aliphatic heterocycles. The molecule has 0 spiro atoms. The van der Waals surface area contributed by atoms with E-state index in [9.17, 15) is 0 Å². The molecule has 154 valence electrons. The molecule has 0 heterocycles. The second-order valence-electron chi connectivity index (χ2n) is 8.58. The molecule has 0 aromatic heterocycles. The first kappa shape index (κ1) is 25.6. The van der Waals surface area contributed by atoms with Crippen LogP contribution in [0, 0.1) is 23.7 Å². The topological polar surface area (TPSA) is 0 Å². The normalized spacial score (nSPS) is 13.2. The molecule has 0 bridgehead atoms. The van der Waals surface area contributed by atoms with E-state index in [4.69, 9.17) is 0 Å². The maximum atomic E-state index is 3.42. The summed E-state index contributed by atoms with van der Waals surface area (Å²) >= 11 is 0. The van der Waals surface area contributed by atoms with Crippen molar-refractivity contribution in [2.45, 2.75) is 143 Å². The van der Waals surface area contributed by atoms with Gasteiger partial charge in [-0.25, -0.2) is 0 Å². The Labute approximate surface area is 167 Å². The second-order valence-corrected chi connectivity index (χ2v) is 8.58. The molecule has 0 heteroatoms. The van der Waals surface area contributed by atoms with Crippen LogP contribution in [-0.2, 0) is 0 Å². The fourth-order valence-corrected chi connectivity index (χ4v) is 3.92. The Morgan fingerprint density at radius 1 is 0.577 bits per heavy atom. The molecular weight excluding hydrogens is 312 g/mol. The van der Waals surface area contributed by atoms with Crippen LogP contribution in [-0.4, -0.2) is 0 Å². The average Bonchev–Trinajstić information content (AvgIpc) is 2.65. The third kappa shape index (κ3) is 18.4. The maximum Gasteiger partial charge on any atom is 0.00887 e. The van der Waals surface area contributed by atoms with Crippen molar-refractivity contribution in [2.75, 3.05) is 0 Å². The lowest BCUT2D eigenvalue weighted by Crippen LogP contribution is -2.06. The first-order valence-electron chi connectivity index (χ1n) is 12.2. The first-order valence-corrected chi connectivity index (χ1v) is 12.2. The second kappa shape index (κ2) is 20.9. The molecule has 0 saturated heterocycles. The Bertz CT molecular complexity index is 319. The molecule has 0 saturated carbocycles. The van der Waals surface area contributed by atoms with Crippen LogP contribution in [0.15, 0.2) is 0 Å². The molecule has 2 atom stereocenters. The van der Waals surface area contributed by atoms with E-state index < -0.39 is 0 Å². The summed E-state index contributed by atoms with van der Waals surface area (Å²) in [5.41, 5.74) is 0. The van der Waals surface area contributed by atoms with Crippen molar-refractivity contribution < 1.29 is 0 Å². The first-order chi connectivity index (χ1) is 12.7. The van der Waals surface area contributed by atoms with Gasteiger partial charge in [-0.05, 0) is 37.5 Å². The van der Waals surface area contributed by atoms with Crippen LogP contribution in [0.2, 0.25) is 0 Å². The molecule has 0 amide bonds. The molecule has 0 aromatic carbocycles. The Hall–Kier alpha value is -0.440. The summed E-state index contributed by atoms with van der Waals surface area (Å²) < 4.78 is 0. The van der Waals surface area contributed by atoms with Gasteiger partial charge in [0, 0.05) is 12.8 Å². The zero-order valence-electron chi connectivity index (χ0n) is 18.9. The van der Waals surface area contributed by atoms with E-state index in [0.717, 1.165) is 24.7 Å². The molecule has 26 heavy (non-hydrogen) atoms. The summed E-state index contributed by atoms with van der Waals surface area (Å²) in [7, 11) is 0. The maximum absolute atomic E-state index is 3.42. The van der Waals surface area contributed by atoms with Crippen LogP contribution in [0.25, 0.3) is 0 Å². The number of hydrogen-bond donors (Lipinski definition) is 0. The summed E-state index contributed by atoms with van der Waals surface area (Å²) in [4.78, 5) is 0. The van der Waals surface area contributed by atoms with Gasteiger partial charge in [0.2, 0.25) is 0 Å². The van der Waals surface area contributed by atoms with E-state index in [0.29, 0.717) is 0 Å². The van der Waals surface area contributed by atoms with Crippen molar-refractivity contribution >= 4 is 0 Å². The molecule has 2 unspecified atom stereocenters. The van der Waals surface area contributed by atoms with Gasteiger partial charge in [0.05, 0.1) is 0 Å². The predicted molar refractivity (Wildman–Crippen MR) is 121 cm³/mol. The highest BCUT2D eigenvalue weighted by atomic mass is 14.2. The third-order valence-electron chi connectivity index (χ3n) is 5.81. The summed E-state index contributed by atoms with van der Waals surface area (Å²) in [5, 5.41) is 0. The van der Waals surface area contributed by atoms with Gasteiger partial charge in [-0.2, -0.15) is 0 Å². The molecule has 0 N–H and O–H groups in total. The van der Waals surface area contributed by atoms with E-state index in [1.54, 1.807) is 0 Å². The Balaban J connectivity index is 3.53. The third-order valence-corrected chi connectivity index (χ3v) is 5.81. The Morgan fingerprint density at radius 3 is 1.73 bits per heavy atom. The van der Waals surface area contributed by atoms with Gasteiger partial charge in [-0.3, -0.25) is 0 Å². The van der Waals surface area contributed by atoms with Crippen molar-refractivity contribution in [3.63, 3.8) is 0 Å². The van der Waals surface area contributed by atoms with Crippen molar-refractivity contribution in [1.82, 2.24) is 0 Å². The molecule has 0 rings (SSSR count). The van der Waals surface area contributed by atoms with Gasteiger partial charge in [0.1, 0.15) is 0 Å². The van der Waals surface area contributed by atoms with Gasteiger partial charge in [-0.1, -0.05) is 105 Å². The van der Waals surface area contributed by atoms with E-state index in [-0.39, 0.29) is 0 Å². The van der Waals surface area contributed by atoms with Crippen LogP contribution in [0.5, 0.6) is 0 Å². The zero-order chi connectivity index (χ0) is 19.3. The summed E-state index contributed by atoms with van der Waals surface area (Å²) in [6.07, 6.45) is 24.6. The fraction of sp³-hybridized carbons (Fsp3) is 0.923. The number of unbranched alkanes of at least 4 members (excludes halogenated alkanes) is 11. The minimum Gasteiger partial charge on any atom is -0.103 e. The van der Waals surface area contributed by atoms with Crippen LogP contribution in [0.4, 0.5) is 0 Å². The molecule has 0 radical (unpaired) electrons. The Kier molecular flexibility index (Phi) is 20.5. The lowest BCUT2D eigenvalue weighted by atomic mass is 9.87. The van der Waals surface area contributed by atoms with Gasteiger partial charge in [0.15, 0.2) is 0 Å². The van der Waals surface area contributed by atoms with Crippen LogP contribution >= 0.6 is 0 Å². The van der Waals surface area contributed by atoms with Crippen LogP contribution < -0.4 is 0 Å². The van der Waals surface area contributed by atoms with Crippen molar-refractivity contribution in [3.8, 4) is 11.8 Å². The van der Waals surface area contributed by atoms with Gasteiger partial charge >= 0.3 is 0 Å². The van der Waals surface area contributed by atoms with Gasteiger partial charge in [-0.15, -0.1) is 11.8 Å². The van der Waals surface area contributed by atoms with Crippen molar-refractivity contribution in [2.24, 2.45) is 11.8 Å². The summed E-state index contributed by atoms with van der Waals surface area (Å²) in [6.45, 7) is 9.43. The molecule has 0 aliphatic carbocycles. The van der Waals surface area contributed by atoms with Crippen LogP contribution in [0.1, 0.15) is 143 Å². The molecular formula is C26H50. The minimum atomic E-state index is 0.885. The fourth-order valence-electron chi connectivity index (χ4n) is 3.92. The molecule has 0 nitrogen and oxygen atoms in total. The van der Waals surface area contributed by atoms with E-state index >= 15 is 0 Å². The lowest BCUT2D eigenvalue weighted by molar-refractivity contribution is 0.334. The summed E-state index contributed by atoms with van der Waals surface area (Å²) in [6, 6.07) is 0. The lowest BCUT2D eigenvalue weighted by Gasteiger charge is -2.19. The highest BCUT2D eigenvalue weighted by molar-refractivity contribution is 4.98. The van der Waals surface area contributed by atoms with E-state index in [1.165, 1.54) is 103 Å². The van der Waals surface area contributed by atoms with Crippen molar-refractivity contribution in [3.05, 3.63) is 0 Å². The average molecular weight is 363 g/mol. The standard InChI is InChI=1S/C26H50/c1-5-8-10-12-13-14-15-16-17-18-19-20-22-25(4)24-26(7-3)23-21-11-9-6-2/h25-26H,5-16,19-24H2,1-4H3. The molecule has 0 fully saturated rings. The minimum absolute atomic E-state index is 0.885. The molecule has 0 aromatic rings. The largest absolute Gasteiger partial charge is 0.103 e. The van der Waals surface area contributed by atoms with Gasteiger partial charge < -0.3 is 0 Å². The number of hydrogen-bond acceptors (Lipinski definition) is 0. The van der Waals surface area contributed by atoms with E-state index in [1.807, 2.05) is 0 Å². The predicted octanol–water partition coefficient (Wildman–Crippen LogP) is 9.32. The summed E-state index contributed by atoms with van der Waals surface area (Å²) in [5.74, 6) is 8.67. The highest BCUT2D eigenvalue weighted by Gasteiger charge is 2.11.